The Bertz CT molecular complexity index is 548. The maximum absolute atomic E-state index is 13.3. The third-order valence-electron chi connectivity index (χ3n) is 2.92. The smallest absolute Gasteiger partial charge is 0.260 e. The Morgan fingerprint density at radius 2 is 2.24 bits per heavy atom. The molecule has 0 atom stereocenters. The van der Waals surface area contributed by atoms with Crippen molar-refractivity contribution in [1.29, 1.82) is 0 Å². The van der Waals surface area contributed by atoms with Gasteiger partial charge in [-0.25, -0.2) is 4.39 Å². The highest BCUT2D eigenvalue weighted by molar-refractivity contribution is 5.70. The summed E-state index contributed by atoms with van der Waals surface area (Å²) in [5.41, 5.74) is 6.14. The van der Waals surface area contributed by atoms with Gasteiger partial charge in [-0.15, -0.1) is 0 Å². The molecule has 1 aliphatic rings. The number of hydrogen-bond donors (Lipinski definition) is 1. The molecule has 88 valence electrons. The second kappa shape index (κ2) is 3.84. The number of anilines is 1. The van der Waals surface area contributed by atoms with Gasteiger partial charge in [-0.05, 0) is 30.9 Å². The van der Waals surface area contributed by atoms with E-state index >= 15 is 0 Å². The van der Waals surface area contributed by atoms with Crippen molar-refractivity contribution in [3.8, 4) is 11.5 Å². The van der Waals surface area contributed by atoms with Crippen molar-refractivity contribution >= 4 is 5.69 Å². The molecule has 1 aromatic heterocycles. The van der Waals surface area contributed by atoms with Crippen LogP contribution in [0.5, 0.6) is 0 Å². The molecule has 1 aromatic carbocycles. The Balaban J connectivity index is 1.91. The van der Waals surface area contributed by atoms with E-state index in [-0.39, 0.29) is 11.6 Å². The van der Waals surface area contributed by atoms with Crippen molar-refractivity contribution in [3.63, 3.8) is 0 Å². The van der Waals surface area contributed by atoms with Crippen LogP contribution in [0.25, 0.3) is 11.5 Å². The minimum absolute atomic E-state index is 0.0501. The molecule has 17 heavy (non-hydrogen) atoms. The summed E-state index contributed by atoms with van der Waals surface area (Å²) < 4.78 is 18.4. The molecule has 4 nitrogen and oxygen atoms in total. The maximum Gasteiger partial charge on any atom is 0.260 e. The Kier molecular flexibility index (Phi) is 2.31. The number of nitrogens with two attached hydrogens (primary N) is 1. The molecule has 3 rings (SSSR count). The van der Waals surface area contributed by atoms with Crippen LogP contribution in [-0.4, -0.2) is 10.1 Å². The monoisotopic (exact) mass is 233 g/mol. The van der Waals surface area contributed by atoms with Crippen LogP contribution in [0.15, 0.2) is 22.7 Å². The van der Waals surface area contributed by atoms with Crippen LogP contribution >= 0.6 is 0 Å². The quantitative estimate of drug-likeness (QED) is 0.827. The Morgan fingerprint density at radius 3 is 3.00 bits per heavy atom. The Hall–Kier alpha value is -1.91. The van der Waals surface area contributed by atoms with Crippen LogP contribution in [0.2, 0.25) is 0 Å². The zero-order chi connectivity index (χ0) is 11.8. The zero-order valence-corrected chi connectivity index (χ0v) is 9.19. The summed E-state index contributed by atoms with van der Waals surface area (Å²) in [5, 5.41) is 3.88. The number of rotatable bonds is 3. The van der Waals surface area contributed by atoms with Crippen molar-refractivity contribution in [1.82, 2.24) is 10.1 Å². The summed E-state index contributed by atoms with van der Waals surface area (Å²) >= 11 is 0. The van der Waals surface area contributed by atoms with E-state index in [9.17, 15) is 4.39 Å². The Morgan fingerprint density at radius 1 is 1.41 bits per heavy atom. The van der Waals surface area contributed by atoms with Gasteiger partial charge in [-0.2, -0.15) is 4.98 Å². The average Bonchev–Trinajstić information content (AvgIpc) is 3.00. The lowest BCUT2D eigenvalue weighted by Crippen LogP contribution is -1.94. The fourth-order valence-electron chi connectivity index (χ4n) is 1.75. The molecule has 1 aliphatic carbocycles. The summed E-state index contributed by atoms with van der Waals surface area (Å²) in [5.74, 6) is 1.18. The molecule has 2 aromatic rings. The van der Waals surface area contributed by atoms with Crippen molar-refractivity contribution in [2.45, 2.75) is 19.3 Å². The summed E-state index contributed by atoms with van der Waals surface area (Å²) in [4.78, 5) is 4.24. The molecule has 0 radical (unpaired) electrons. The fourth-order valence-corrected chi connectivity index (χ4v) is 1.75. The fraction of sp³-hybridized carbons (Fsp3) is 0.333. The highest BCUT2D eigenvalue weighted by Gasteiger charge is 2.24. The molecule has 0 spiro atoms. The first-order valence-corrected chi connectivity index (χ1v) is 5.61. The van der Waals surface area contributed by atoms with Crippen molar-refractivity contribution < 1.29 is 8.91 Å². The molecular weight excluding hydrogens is 221 g/mol. The third kappa shape index (κ3) is 2.00. The van der Waals surface area contributed by atoms with E-state index in [0.717, 1.165) is 6.42 Å². The van der Waals surface area contributed by atoms with Crippen LogP contribution in [0.3, 0.4) is 0 Å². The first-order chi connectivity index (χ1) is 8.24. The summed E-state index contributed by atoms with van der Waals surface area (Å²) in [6.45, 7) is 0. The Labute approximate surface area is 97.6 Å². The van der Waals surface area contributed by atoms with E-state index < -0.39 is 5.82 Å². The molecule has 0 aliphatic heterocycles. The van der Waals surface area contributed by atoms with E-state index in [2.05, 4.69) is 10.1 Å². The van der Waals surface area contributed by atoms with Crippen LogP contribution in [0.4, 0.5) is 10.1 Å². The number of para-hydroxylation sites is 1. The minimum atomic E-state index is -0.468. The lowest BCUT2D eigenvalue weighted by molar-refractivity contribution is 0.421. The first-order valence-electron chi connectivity index (χ1n) is 5.61. The van der Waals surface area contributed by atoms with Crippen molar-refractivity contribution in [2.75, 3.05) is 5.73 Å². The van der Waals surface area contributed by atoms with E-state index in [1.807, 2.05) is 0 Å². The van der Waals surface area contributed by atoms with Crippen LogP contribution < -0.4 is 5.73 Å². The molecule has 0 amide bonds. The summed E-state index contributed by atoms with van der Waals surface area (Å²) in [7, 11) is 0. The predicted molar refractivity (Wildman–Crippen MR) is 60.5 cm³/mol. The number of aromatic nitrogens is 2. The topological polar surface area (TPSA) is 64.9 Å². The number of hydrogen-bond acceptors (Lipinski definition) is 4. The number of nitrogen functional groups attached to an aromatic ring is 1. The maximum atomic E-state index is 13.3. The molecule has 0 saturated heterocycles. The zero-order valence-electron chi connectivity index (χ0n) is 9.19. The number of benzene rings is 1. The van der Waals surface area contributed by atoms with Crippen molar-refractivity contribution in [3.05, 3.63) is 29.8 Å². The second-order valence-corrected chi connectivity index (χ2v) is 4.36. The second-order valence-electron chi connectivity index (χ2n) is 4.36. The van der Waals surface area contributed by atoms with Crippen LogP contribution in [-0.2, 0) is 6.42 Å². The molecule has 5 heteroatoms. The van der Waals surface area contributed by atoms with E-state index in [1.165, 1.54) is 18.9 Å². The molecule has 2 N–H and O–H groups in total. The molecule has 1 saturated carbocycles. The first kappa shape index (κ1) is 10.3. The van der Waals surface area contributed by atoms with Gasteiger partial charge < -0.3 is 10.3 Å². The van der Waals surface area contributed by atoms with E-state index in [4.69, 9.17) is 10.3 Å². The van der Waals surface area contributed by atoms with Gasteiger partial charge in [-0.1, -0.05) is 11.2 Å². The van der Waals surface area contributed by atoms with Gasteiger partial charge in [0.05, 0.1) is 11.3 Å². The summed E-state index contributed by atoms with van der Waals surface area (Å²) in [6, 6.07) is 4.55. The highest BCUT2D eigenvalue weighted by atomic mass is 19.1. The minimum Gasteiger partial charge on any atom is -0.396 e. The van der Waals surface area contributed by atoms with Crippen molar-refractivity contribution in [2.24, 2.45) is 5.92 Å². The molecule has 1 heterocycles. The standard InChI is InChI=1S/C12H12FN3O/c13-9-3-1-2-8(11(9)14)12-15-10(16-17-12)6-7-4-5-7/h1-3,7H,4-6,14H2. The lowest BCUT2D eigenvalue weighted by Gasteiger charge is -2.00. The third-order valence-corrected chi connectivity index (χ3v) is 2.92. The van der Waals surface area contributed by atoms with Gasteiger partial charge in [0, 0.05) is 6.42 Å². The van der Waals surface area contributed by atoms with Gasteiger partial charge in [0.2, 0.25) is 0 Å². The van der Waals surface area contributed by atoms with Crippen LogP contribution in [0, 0.1) is 11.7 Å². The van der Waals surface area contributed by atoms with Gasteiger partial charge in [0.15, 0.2) is 5.82 Å². The SMILES string of the molecule is Nc1c(F)cccc1-c1nc(CC2CC2)no1. The molecular formula is C12H12FN3O. The summed E-state index contributed by atoms with van der Waals surface area (Å²) in [6.07, 6.45) is 3.29. The van der Waals surface area contributed by atoms with Gasteiger partial charge in [0.25, 0.3) is 5.89 Å². The van der Waals surface area contributed by atoms with E-state index in [1.54, 1.807) is 12.1 Å². The number of nitrogens with zero attached hydrogens (tertiary/aromatic N) is 2. The largest absolute Gasteiger partial charge is 0.396 e. The molecule has 0 unspecified atom stereocenters. The normalized spacial score (nSPS) is 15.1. The van der Waals surface area contributed by atoms with Crippen LogP contribution in [0.1, 0.15) is 18.7 Å². The van der Waals surface area contributed by atoms with Gasteiger partial charge >= 0.3 is 0 Å². The molecule has 0 bridgehead atoms. The average molecular weight is 233 g/mol. The molecule has 1 fully saturated rings. The number of halogens is 1. The highest BCUT2D eigenvalue weighted by Crippen LogP contribution is 2.33. The van der Waals surface area contributed by atoms with Gasteiger partial charge in [0.1, 0.15) is 5.82 Å². The van der Waals surface area contributed by atoms with E-state index in [0.29, 0.717) is 17.3 Å². The lowest BCUT2D eigenvalue weighted by atomic mass is 10.2. The van der Waals surface area contributed by atoms with Gasteiger partial charge in [-0.3, -0.25) is 0 Å². The predicted octanol–water partition coefficient (Wildman–Crippen LogP) is 2.41.